The molecule has 1 aromatic carbocycles. The number of rotatable bonds is 7. The summed E-state index contributed by atoms with van der Waals surface area (Å²) in [4.78, 5) is 16.1. The van der Waals surface area contributed by atoms with Crippen LogP contribution in [0.1, 0.15) is 29.9 Å². The quantitative estimate of drug-likeness (QED) is 0.824. The maximum atomic E-state index is 12.8. The van der Waals surface area contributed by atoms with Crippen molar-refractivity contribution in [3.05, 3.63) is 59.7 Å². The Balaban J connectivity index is 1.87. The van der Waals surface area contributed by atoms with Gasteiger partial charge in [0.25, 0.3) is 5.91 Å². The van der Waals surface area contributed by atoms with E-state index in [1.54, 1.807) is 24.4 Å². The first-order valence-electron chi connectivity index (χ1n) is 7.77. The van der Waals surface area contributed by atoms with Gasteiger partial charge in [0.2, 0.25) is 0 Å². The number of benzene rings is 1. The molecule has 23 heavy (non-hydrogen) atoms. The molecule has 2 rings (SSSR count). The number of nitrogens with one attached hydrogen (secondary N) is 2. The van der Waals surface area contributed by atoms with E-state index < -0.39 is 0 Å². The topological polar surface area (TPSA) is 54.0 Å². The minimum atomic E-state index is -0.229. The van der Waals surface area contributed by atoms with Gasteiger partial charge in [0.1, 0.15) is 11.5 Å². The molecular formula is C18H22FN3O. The second-order valence-corrected chi connectivity index (χ2v) is 5.84. The molecule has 0 saturated heterocycles. The van der Waals surface area contributed by atoms with Gasteiger partial charge in [0.15, 0.2) is 0 Å². The molecule has 5 heteroatoms. The zero-order chi connectivity index (χ0) is 16.7. The van der Waals surface area contributed by atoms with E-state index in [4.69, 9.17) is 0 Å². The Hall–Kier alpha value is -2.43. The lowest BCUT2D eigenvalue weighted by molar-refractivity contribution is 0.0944. The summed E-state index contributed by atoms with van der Waals surface area (Å²) in [6, 6.07) is 10.0. The van der Waals surface area contributed by atoms with E-state index in [1.807, 2.05) is 19.9 Å². The van der Waals surface area contributed by atoms with Gasteiger partial charge in [-0.1, -0.05) is 26.0 Å². The minimum absolute atomic E-state index is 0.166. The number of pyridine rings is 1. The normalized spacial score (nSPS) is 10.6. The molecule has 1 aromatic heterocycles. The molecule has 2 aromatic rings. The van der Waals surface area contributed by atoms with E-state index in [9.17, 15) is 9.18 Å². The molecule has 0 saturated carbocycles. The van der Waals surface area contributed by atoms with Crippen molar-refractivity contribution in [2.75, 3.05) is 18.4 Å². The van der Waals surface area contributed by atoms with Gasteiger partial charge in [-0.3, -0.25) is 9.78 Å². The second kappa shape index (κ2) is 8.27. The lowest BCUT2D eigenvalue weighted by Crippen LogP contribution is -2.28. The van der Waals surface area contributed by atoms with Crippen LogP contribution in [0.25, 0.3) is 0 Å². The zero-order valence-corrected chi connectivity index (χ0v) is 13.5. The van der Waals surface area contributed by atoms with Crippen LogP contribution in [-0.4, -0.2) is 24.0 Å². The highest BCUT2D eigenvalue weighted by Gasteiger charge is 2.08. The molecule has 0 spiro atoms. The molecule has 0 aliphatic carbocycles. The molecule has 0 radical (unpaired) electrons. The number of anilines is 1. The molecule has 122 valence electrons. The van der Waals surface area contributed by atoms with E-state index in [2.05, 4.69) is 15.6 Å². The van der Waals surface area contributed by atoms with E-state index in [1.165, 1.54) is 12.1 Å². The summed E-state index contributed by atoms with van der Waals surface area (Å²) < 4.78 is 12.8. The van der Waals surface area contributed by atoms with Crippen LogP contribution in [-0.2, 0) is 6.42 Å². The third kappa shape index (κ3) is 5.70. The van der Waals surface area contributed by atoms with Crippen LogP contribution < -0.4 is 10.6 Å². The molecule has 1 amide bonds. The van der Waals surface area contributed by atoms with Crippen LogP contribution in [0.3, 0.4) is 0 Å². The summed E-state index contributed by atoms with van der Waals surface area (Å²) in [6.07, 6.45) is 2.39. The summed E-state index contributed by atoms with van der Waals surface area (Å²) >= 11 is 0. The third-order valence-electron chi connectivity index (χ3n) is 3.32. The molecule has 0 aliphatic rings. The van der Waals surface area contributed by atoms with E-state index in [-0.39, 0.29) is 11.7 Å². The molecule has 0 unspecified atom stereocenters. The Labute approximate surface area is 136 Å². The monoisotopic (exact) mass is 315 g/mol. The Morgan fingerprint density at radius 3 is 2.65 bits per heavy atom. The smallest absolute Gasteiger partial charge is 0.269 e. The lowest BCUT2D eigenvalue weighted by Gasteiger charge is -2.09. The van der Waals surface area contributed by atoms with Crippen molar-refractivity contribution in [3.8, 4) is 0 Å². The molecular weight excluding hydrogens is 293 g/mol. The SMILES string of the molecule is CC(C)CNC(=O)c1cc(NCCc2ccc(F)cc2)ccn1. The number of halogens is 1. The molecule has 0 bridgehead atoms. The van der Waals surface area contributed by atoms with Gasteiger partial charge in [0.05, 0.1) is 0 Å². The van der Waals surface area contributed by atoms with Crippen molar-refractivity contribution >= 4 is 11.6 Å². The summed E-state index contributed by atoms with van der Waals surface area (Å²) in [5, 5.41) is 6.10. The highest BCUT2D eigenvalue weighted by atomic mass is 19.1. The van der Waals surface area contributed by atoms with Crippen molar-refractivity contribution in [2.24, 2.45) is 5.92 Å². The van der Waals surface area contributed by atoms with Gasteiger partial charge < -0.3 is 10.6 Å². The fourth-order valence-electron chi connectivity index (χ4n) is 2.05. The van der Waals surface area contributed by atoms with Crippen molar-refractivity contribution in [1.29, 1.82) is 0 Å². The molecule has 0 aliphatic heterocycles. The van der Waals surface area contributed by atoms with Gasteiger partial charge in [0, 0.05) is 25.0 Å². The highest BCUT2D eigenvalue weighted by molar-refractivity contribution is 5.93. The molecule has 0 atom stereocenters. The number of carbonyl (C=O) groups excluding carboxylic acids is 1. The lowest BCUT2D eigenvalue weighted by atomic mass is 10.1. The van der Waals surface area contributed by atoms with E-state index >= 15 is 0 Å². The third-order valence-corrected chi connectivity index (χ3v) is 3.32. The summed E-state index contributed by atoms with van der Waals surface area (Å²) in [5.74, 6) is 0.00439. The Morgan fingerprint density at radius 2 is 1.96 bits per heavy atom. The molecule has 4 nitrogen and oxygen atoms in total. The second-order valence-electron chi connectivity index (χ2n) is 5.84. The summed E-state index contributed by atoms with van der Waals surface area (Å²) in [6.45, 7) is 5.41. The number of amides is 1. The average molecular weight is 315 g/mol. The summed E-state index contributed by atoms with van der Waals surface area (Å²) in [5.41, 5.74) is 2.30. The fourth-order valence-corrected chi connectivity index (χ4v) is 2.05. The zero-order valence-electron chi connectivity index (χ0n) is 13.5. The van der Waals surface area contributed by atoms with Gasteiger partial charge in [-0.25, -0.2) is 4.39 Å². The predicted molar refractivity (Wildman–Crippen MR) is 90.0 cm³/mol. The Bertz CT molecular complexity index is 641. The summed E-state index contributed by atoms with van der Waals surface area (Å²) in [7, 11) is 0. The molecule has 2 N–H and O–H groups in total. The van der Waals surface area contributed by atoms with Gasteiger partial charge >= 0.3 is 0 Å². The fraction of sp³-hybridized carbons (Fsp3) is 0.333. The van der Waals surface area contributed by atoms with Crippen molar-refractivity contribution < 1.29 is 9.18 Å². The van der Waals surface area contributed by atoms with Crippen LogP contribution in [0.4, 0.5) is 10.1 Å². The first kappa shape index (κ1) is 16.9. The van der Waals surface area contributed by atoms with Crippen LogP contribution >= 0.6 is 0 Å². The Morgan fingerprint density at radius 1 is 1.22 bits per heavy atom. The molecule has 1 heterocycles. The minimum Gasteiger partial charge on any atom is -0.385 e. The van der Waals surface area contributed by atoms with Crippen molar-refractivity contribution in [3.63, 3.8) is 0 Å². The maximum Gasteiger partial charge on any atom is 0.269 e. The largest absolute Gasteiger partial charge is 0.385 e. The van der Waals surface area contributed by atoms with Gasteiger partial charge in [-0.15, -0.1) is 0 Å². The number of nitrogens with zero attached hydrogens (tertiary/aromatic N) is 1. The first-order valence-corrected chi connectivity index (χ1v) is 7.77. The Kier molecular flexibility index (Phi) is 6.09. The number of hydrogen-bond acceptors (Lipinski definition) is 3. The molecule has 0 fully saturated rings. The van der Waals surface area contributed by atoms with Crippen molar-refractivity contribution in [1.82, 2.24) is 10.3 Å². The number of carbonyl (C=O) groups is 1. The average Bonchev–Trinajstić information content (AvgIpc) is 2.55. The van der Waals surface area contributed by atoms with Crippen LogP contribution in [0.15, 0.2) is 42.6 Å². The van der Waals surface area contributed by atoms with Crippen molar-refractivity contribution in [2.45, 2.75) is 20.3 Å². The highest BCUT2D eigenvalue weighted by Crippen LogP contribution is 2.09. The predicted octanol–water partition coefficient (Wildman–Crippen LogP) is 3.26. The first-order chi connectivity index (χ1) is 11.0. The van der Waals surface area contributed by atoms with Gasteiger partial charge in [-0.2, -0.15) is 0 Å². The van der Waals surface area contributed by atoms with E-state index in [0.29, 0.717) is 24.7 Å². The van der Waals surface area contributed by atoms with E-state index in [0.717, 1.165) is 17.7 Å². The van der Waals surface area contributed by atoms with Crippen LogP contribution in [0, 0.1) is 11.7 Å². The number of aromatic nitrogens is 1. The van der Waals surface area contributed by atoms with Crippen LogP contribution in [0.2, 0.25) is 0 Å². The van der Waals surface area contributed by atoms with Gasteiger partial charge in [-0.05, 0) is 42.2 Å². The standard InChI is InChI=1S/C18H22FN3O/c1-13(2)12-22-18(23)17-11-16(8-10-21-17)20-9-7-14-3-5-15(19)6-4-14/h3-6,8,10-11,13H,7,9,12H2,1-2H3,(H,20,21)(H,22,23). The van der Waals surface area contributed by atoms with Crippen LogP contribution in [0.5, 0.6) is 0 Å². The maximum absolute atomic E-state index is 12.8. The number of hydrogen-bond donors (Lipinski definition) is 2.